The lowest BCUT2D eigenvalue weighted by Gasteiger charge is -2.16. The van der Waals surface area contributed by atoms with E-state index < -0.39 is 0 Å². The van der Waals surface area contributed by atoms with Crippen molar-refractivity contribution in [2.45, 2.75) is 23.4 Å². The lowest BCUT2D eigenvalue weighted by Crippen LogP contribution is -2.21. The molecule has 3 nitrogen and oxygen atoms in total. The number of aromatic nitrogens is 1. The van der Waals surface area contributed by atoms with E-state index in [2.05, 4.69) is 4.98 Å². The van der Waals surface area contributed by atoms with E-state index in [1.54, 1.807) is 11.3 Å². The van der Waals surface area contributed by atoms with Crippen LogP contribution < -0.4 is 5.73 Å². The van der Waals surface area contributed by atoms with Gasteiger partial charge in [-0.15, -0.1) is 11.3 Å². The van der Waals surface area contributed by atoms with Gasteiger partial charge >= 0.3 is 0 Å². The van der Waals surface area contributed by atoms with Crippen LogP contribution in [0.4, 0.5) is 0 Å². The average molecular weight is 325 g/mol. The summed E-state index contributed by atoms with van der Waals surface area (Å²) in [7, 11) is 0. The van der Waals surface area contributed by atoms with Gasteiger partial charge in [0.05, 0.1) is 9.59 Å². The first-order valence-electron chi connectivity index (χ1n) is 6.16. The number of thiophene rings is 1. The van der Waals surface area contributed by atoms with Crippen molar-refractivity contribution in [3.8, 4) is 0 Å². The molecule has 0 spiro atoms. The highest BCUT2D eigenvalue weighted by Gasteiger charge is 2.22. The predicted octanol–water partition coefficient (Wildman–Crippen LogP) is 4.72. The molecule has 0 bridgehead atoms. The number of hydrogen-bond donors (Lipinski definition) is 1. The molecule has 2 atom stereocenters. The van der Waals surface area contributed by atoms with Gasteiger partial charge in [-0.05, 0) is 31.2 Å². The smallest absolute Gasteiger partial charge is 0.257 e. The van der Waals surface area contributed by atoms with Crippen molar-refractivity contribution < 1.29 is 4.42 Å². The molecule has 6 heteroatoms. The van der Waals surface area contributed by atoms with Crippen LogP contribution in [0.1, 0.15) is 17.1 Å². The van der Waals surface area contributed by atoms with Crippen LogP contribution in [0, 0.1) is 0 Å². The van der Waals surface area contributed by atoms with Crippen molar-refractivity contribution in [1.29, 1.82) is 0 Å². The first-order valence-corrected chi connectivity index (χ1v) is 8.24. The third-order valence-corrected chi connectivity index (χ3v) is 5.63. The van der Waals surface area contributed by atoms with Crippen LogP contribution in [-0.2, 0) is 0 Å². The molecule has 0 amide bonds. The third-order valence-electron chi connectivity index (χ3n) is 2.85. The largest absolute Gasteiger partial charge is 0.431 e. The molecule has 0 aliphatic heterocycles. The van der Waals surface area contributed by atoms with E-state index in [1.807, 2.05) is 43.3 Å². The molecule has 2 aromatic heterocycles. The maximum absolute atomic E-state index is 6.09. The van der Waals surface area contributed by atoms with Gasteiger partial charge < -0.3 is 10.2 Å². The van der Waals surface area contributed by atoms with Crippen LogP contribution >= 0.6 is 34.7 Å². The van der Waals surface area contributed by atoms with E-state index >= 15 is 0 Å². The number of benzene rings is 1. The minimum absolute atomic E-state index is 0.0234. The van der Waals surface area contributed by atoms with Crippen molar-refractivity contribution in [1.82, 2.24) is 4.98 Å². The first kappa shape index (κ1) is 13.9. The topological polar surface area (TPSA) is 52.0 Å². The summed E-state index contributed by atoms with van der Waals surface area (Å²) in [5.74, 6) is 0. The molecule has 1 aromatic carbocycles. The molecular weight excluding hydrogens is 312 g/mol. The van der Waals surface area contributed by atoms with Gasteiger partial charge in [0.25, 0.3) is 5.22 Å². The van der Waals surface area contributed by atoms with Crippen molar-refractivity contribution in [3.05, 3.63) is 45.6 Å². The minimum atomic E-state index is -0.0234. The van der Waals surface area contributed by atoms with Crippen LogP contribution in [0.3, 0.4) is 0 Å². The summed E-state index contributed by atoms with van der Waals surface area (Å²) in [6, 6.07) is 11.6. The zero-order chi connectivity index (χ0) is 14.1. The first-order chi connectivity index (χ1) is 9.63. The average Bonchev–Trinajstić information content (AvgIpc) is 3.01. The summed E-state index contributed by atoms with van der Waals surface area (Å²) in [5.41, 5.74) is 7.75. The Bertz CT molecular complexity index is 690. The summed E-state index contributed by atoms with van der Waals surface area (Å²) in [5, 5.41) is 0.721. The summed E-state index contributed by atoms with van der Waals surface area (Å²) < 4.78 is 6.51. The second kappa shape index (κ2) is 5.77. The number of fused-ring (bicyclic) bond motifs is 1. The third kappa shape index (κ3) is 2.86. The SMILES string of the molecule is CC(N)C(Sc1nc2ccccc2o1)c1ccc(Cl)s1. The summed E-state index contributed by atoms with van der Waals surface area (Å²) >= 11 is 9.09. The van der Waals surface area contributed by atoms with Gasteiger partial charge in [0.15, 0.2) is 5.58 Å². The van der Waals surface area contributed by atoms with Crippen LogP contribution in [0.25, 0.3) is 11.1 Å². The van der Waals surface area contributed by atoms with Crippen molar-refractivity contribution in [2.75, 3.05) is 0 Å². The van der Waals surface area contributed by atoms with Gasteiger partial charge in [-0.3, -0.25) is 0 Å². The standard InChI is InChI=1S/C14H13ClN2OS2/c1-8(16)13(11-6-7-12(15)19-11)20-14-17-9-4-2-3-5-10(9)18-14/h2-8,13H,16H2,1H3. The number of oxazole rings is 1. The number of nitrogens with zero attached hydrogens (tertiary/aromatic N) is 1. The van der Waals surface area contributed by atoms with Crippen LogP contribution in [0.15, 0.2) is 46.0 Å². The minimum Gasteiger partial charge on any atom is -0.431 e. The lowest BCUT2D eigenvalue weighted by molar-refractivity contribution is 0.487. The summed E-state index contributed by atoms with van der Waals surface area (Å²) in [4.78, 5) is 5.62. The highest BCUT2D eigenvalue weighted by atomic mass is 35.5. The van der Waals surface area contributed by atoms with Crippen molar-refractivity contribution >= 4 is 45.8 Å². The molecule has 2 heterocycles. The van der Waals surface area contributed by atoms with Crippen molar-refractivity contribution in [2.24, 2.45) is 5.73 Å². The molecular formula is C14H13ClN2OS2. The Morgan fingerprint density at radius 3 is 2.75 bits per heavy atom. The zero-order valence-electron chi connectivity index (χ0n) is 10.7. The Labute approximate surface area is 130 Å². The molecule has 0 saturated carbocycles. The van der Waals surface area contributed by atoms with Gasteiger partial charge in [0.2, 0.25) is 0 Å². The quantitative estimate of drug-likeness (QED) is 0.705. The highest BCUT2D eigenvalue weighted by molar-refractivity contribution is 7.99. The Morgan fingerprint density at radius 2 is 2.10 bits per heavy atom. The van der Waals surface area contributed by atoms with Crippen molar-refractivity contribution in [3.63, 3.8) is 0 Å². The lowest BCUT2D eigenvalue weighted by atomic mass is 10.2. The fourth-order valence-electron chi connectivity index (χ4n) is 1.92. The number of rotatable bonds is 4. The van der Waals surface area contributed by atoms with E-state index in [-0.39, 0.29) is 11.3 Å². The maximum Gasteiger partial charge on any atom is 0.257 e. The number of nitrogens with two attached hydrogens (primary N) is 1. The second-order valence-electron chi connectivity index (χ2n) is 4.49. The molecule has 2 N–H and O–H groups in total. The molecule has 0 radical (unpaired) electrons. The van der Waals surface area contributed by atoms with Gasteiger partial charge in [-0.2, -0.15) is 0 Å². The zero-order valence-corrected chi connectivity index (χ0v) is 13.1. The highest BCUT2D eigenvalue weighted by Crippen LogP contribution is 2.41. The number of halogens is 1. The Morgan fingerprint density at radius 1 is 1.30 bits per heavy atom. The molecule has 3 aromatic rings. The Kier molecular flexibility index (Phi) is 4.03. The van der Waals surface area contributed by atoms with E-state index in [0.29, 0.717) is 5.22 Å². The van der Waals surface area contributed by atoms with E-state index in [9.17, 15) is 0 Å². The molecule has 0 fully saturated rings. The number of para-hydroxylation sites is 2. The van der Waals surface area contributed by atoms with Gasteiger partial charge in [0.1, 0.15) is 5.52 Å². The number of thioether (sulfide) groups is 1. The molecule has 0 saturated heterocycles. The van der Waals surface area contributed by atoms with Gasteiger partial charge in [0, 0.05) is 10.9 Å². The fraction of sp³-hybridized carbons (Fsp3) is 0.214. The monoisotopic (exact) mass is 324 g/mol. The maximum atomic E-state index is 6.09. The molecule has 2 unspecified atom stereocenters. The fourth-order valence-corrected chi connectivity index (χ4v) is 4.28. The molecule has 104 valence electrons. The summed E-state index contributed by atoms with van der Waals surface area (Å²) in [6.45, 7) is 1.98. The molecule has 3 rings (SSSR count). The summed E-state index contributed by atoms with van der Waals surface area (Å²) in [6.07, 6.45) is 0. The van der Waals surface area contributed by atoms with E-state index in [0.717, 1.165) is 20.3 Å². The van der Waals surface area contributed by atoms with Crippen LogP contribution in [0.2, 0.25) is 4.34 Å². The normalized spacial score (nSPS) is 14.6. The van der Waals surface area contributed by atoms with Gasteiger partial charge in [-0.1, -0.05) is 35.5 Å². The Balaban J connectivity index is 1.89. The van der Waals surface area contributed by atoms with Crippen LogP contribution in [0.5, 0.6) is 0 Å². The van der Waals surface area contributed by atoms with E-state index in [1.165, 1.54) is 11.8 Å². The van der Waals surface area contributed by atoms with E-state index in [4.69, 9.17) is 21.8 Å². The molecule has 0 aliphatic carbocycles. The molecule has 0 aliphatic rings. The Hall–Kier alpha value is -1.01. The second-order valence-corrected chi connectivity index (χ2v) is 7.33. The predicted molar refractivity (Wildman–Crippen MR) is 85.6 cm³/mol. The molecule has 20 heavy (non-hydrogen) atoms. The number of hydrogen-bond acceptors (Lipinski definition) is 5. The van der Waals surface area contributed by atoms with Crippen LogP contribution in [-0.4, -0.2) is 11.0 Å². The van der Waals surface area contributed by atoms with Gasteiger partial charge in [-0.25, -0.2) is 4.98 Å².